The van der Waals surface area contributed by atoms with Gasteiger partial charge in [0.15, 0.2) is 0 Å². The minimum Gasteiger partial charge on any atom is -0.273 e. The van der Waals surface area contributed by atoms with Crippen LogP contribution in [-0.2, 0) is 11.2 Å². The van der Waals surface area contributed by atoms with E-state index in [0.717, 1.165) is 12.0 Å². The molecule has 0 bridgehead atoms. The highest BCUT2D eigenvalue weighted by Gasteiger charge is 2.08. The first-order valence-electron chi connectivity index (χ1n) is 7.65. The second-order valence-corrected chi connectivity index (χ2v) is 6.22. The van der Waals surface area contributed by atoms with E-state index < -0.39 is 0 Å². The van der Waals surface area contributed by atoms with E-state index in [1.807, 2.05) is 19.1 Å². The second-order valence-electron chi connectivity index (χ2n) is 5.08. The monoisotopic (exact) mass is 346 g/mol. The molecule has 2 aromatic rings. The van der Waals surface area contributed by atoms with E-state index >= 15 is 0 Å². The Morgan fingerprint density at radius 2 is 1.75 bits per heavy atom. The van der Waals surface area contributed by atoms with Gasteiger partial charge < -0.3 is 0 Å². The predicted octanol–water partition coefficient (Wildman–Crippen LogP) is 3.33. The maximum Gasteiger partial charge on any atom is 0.269 e. The van der Waals surface area contributed by atoms with Gasteiger partial charge in [-0.2, -0.15) is 0 Å². The molecule has 0 aliphatic rings. The average Bonchev–Trinajstić information content (AvgIpc) is 2.61. The third-order valence-corrected chi connectivity index (χ3v) is 4.41. The summed E-state index contributed by atoms with van der Waals surface area (Å²) in [4.78, 5) is 24.1. The molecule has 2 amide bonds. The smallest absolute Gasteiger partial charge is 0.269 e. The minimum atomic E-state index is -0.368. The van der Waals surface area contributed by atoms with Crippen molar-refractivity contribution in [1.29, 1.82) is 0 Å². The van der Waals surface area contributed by atoms with Crippen LogP contribution in [0.15, 0.2) is 53.4 Å². The van der Waals surface area contributed by atoms with Crippen LogP contribution in [0.1, 0.15) is 29.3 Å². The van der Waals surface area contributed by atoms with Crippen molar-refractivity contribution in [2.45, 2.75) is 24.7 Å². The summed E-state index contributed by atoms with van der Waals surface area (Å²) in [7, 11) is 0. The van der Waals surface area contributed by atoms with Gasteiger partial charge >= 0.3 is 0 Å². The molecule has 0 saturated heterocycles. The SMILES string of the molecule is CCc1ccc(C(=O)NNC(=O)CCSc2ccccc2F)cc1. The molecule has 0 unspecified atom stereocenters. The number of thioether (sulfide) groups is 1. The van der Waals surface area contributed by atoms with Gasteiger partial charge in [0.05, 0.1) is 0 Å². The van der Waals surface area contributed by atoms with Crippen LogP contribution in [0.25, 0.3) is 0 Å². The zero-order chi connectivity index (χ0) is 17.4. The topological polar surface area (TPSA) is 58.2 Å². The molecule has 4 nitrogen and oxygen atoms in total. The Hall–Kier alpha value is -2.34. The van der Waals surface area contributed by atoms with Crippen LogP contribution in [0.3, 0.4) is 0 Å². The van der Waals surface area contributed by atoms with E-state index in [4.69, 9.17) is 0 Å². The summed E-state index contributed by atoms with van der Waals surface area (Å²) >= 11 is 1.26. The van der Waals surface area contributed by atoms with E-state index in [2.05, 4.69) is 10.9 Å². The molecule has 0 radical (unpaired) electrons. The fraction of sp³-hybridized carbons (Fsp3) is 0.222. The van der Waals surface area contributed by atoms with Crippen LogP contribution < -0.4 is 10.9 Å². The highest BCUT2D eigenvalue weighted by atomic mass is 32.2. The van der Waals surface area contributed by atoms with Crippen LogP contribution in [0.5, 0.6) is 0 Å². The number of rotatable bonds is 6. The van der Waals surface area contributed by atoms with E-state index in [9.17, 15) is 14.0 Å². The maximum absolute atomic E-state index is 13.4. The Bertz CT molecular complexity index is 704. The van der Waals surface area contributed by atoms with Crippen molar-refractivity contribution in [3.63, 3.8) is 0 Å². The number of amides is 2. The van der Waals surface area contributed by atoms with Gasteiger partial charge in [-0.05, 0) is 36.2 Å². The fourth-order valence-corrected chi connectivity index (χ4v) is 2.86. The lowest BCUT2D eigenvalue weighted by atomic mass is 10.1. The third-order valence-electron chi connectivity index (χ3n) is 3.36. The number of hydrogen-bond donors (Lipinski definition) is 2. The summed E-state index contributed by atoms with van der Waals surface area (Å²) < 4.78 is 13.4. The van der Waals surface area contributed by atoms with Crippen LogP contribution in [0.2, 0.25) is 0 Å². The molecule has 2 N–H and O–H groups in total. The zero-order valence-electron chi connectivity index (χ0n) is 13.3. The standard InChI is InChI=1S/C18H19FN2O2S/c1-2-13-7-9-14(10-8-13)18(23)21-20-17(22)11-12-24-16-6-4-3-5-15(16)19/h3-10H,2,11-12H2,1H3,(H,20,22)(H,21,23). The quantitative estimate of drug-likeness (QED) is 0.623. The molecule has 0 saturated carbocycles. The highest BCUT2D eigenvalue weighted by Crippen LogP contribution is 2.21. The Balaban J connectivity index is 1.72. The third kappa shape index (κ3) is 5.38. The number of carbonyl (C=O) groups is 2. The molecule has 0 aromatic heterocycles. The van der Waals surface area contributed by atoms with Gasteiger partial charge in [0, 0.05) is 22.6 Å². The minimum absolute atomic E-state index is 0.175. The summed E-state index contributed by atoms with van der Waals surface area (Å²) in [6.45, 7) is 2.04. The second kappa shape index (κ2) is 9.08. The van der Waals surface area contributed by atoms with Crippen molar-refractivity contribution < 1.29 is 14.0 Å². The first kappa shape index (κ1) is 18.0. The number of benzene rings is 2. The lowest BCUT2D eigenvalue weighted by Crippen LogP contribution is -2.41. The van der Waals surface area contributed by atoms with Gasteiger partial charge in [-0.1, -0.05) is 31.2 Å². The number of hydrazine groups is 1. The Kier molecular flexibility index (Phi) is 6.81. The summed E-state index contributed by atoms with van der Waals surface area (Å²) in [5.74, 6) is -0.565. The van der Waals surface area contributed by atoms with E-state index in [1.165, 1.54) is 17.8 Å². The lowest BCUT2D eigenvalue weighted by molar-refractivity contribution is -0.121. The summed E-state index contributed by atoms with van der Waals surface area (Å²) in [6.07, 6.45) is 1.08. The number of aryl methyl sites for hydroxylation is 1. The van der Waals surface area contributed by atoms with Crippen molar-refractivity contribution in [2.24, 2.45) is 0 Å². The molecule has 0 aliphatic heterocycles. The van der Waals surface area contributed by atoms with Crippen LogP contribution in [0, 0.1) is 5.82 Å². The largest absolute Gasteiger partial charge is 0.273 e. The summed E-state index contributed by atoms with van der Waals surface area (Å²) in [6, 6.07) is 13.6. The Labute approximate surface area is 144 Å². The van der Waals surface area contributed by atoms with Crippen LogP contribution >= 0.6 is 11.8 Å². The van der Waals surface area contributed by atoms with Gasteiger partial charge in [0.2, 0.25) is 5.91 Å². The zero-order valence-corrected chi connectivity index (χ0v) is 14.2. The maximum atomic E-state index is 13.4. The fourth-order valence-electron chi connectivity index (χ4n) is 1.97. The molecule has 0 fully saturated rings. The predicted molar refractivity (Wildman–Crippen MR) is 93.2 cm³/mol. The van der Waals surface area contributed by atoms with Gasteiger partial charge in [0.1, 0.15) is 5.82 Å². The lowest BCUT2D eigenvalue weighted by Gasteiger charge is -2.08. The molecule has 2 aromatic carbocycles. The molecule has 0 atom stereocenters. The van der Waals surface area contributed by atoms with Crippen molar-refractivity contribution in [3.05, 3.63) is 65.5 Å². The molecule has 24 heavy (non-hydrogen) atoms. The molecular formula is C18H19FN2O2S. The first-order valence-corrected chi connectivity index (χ1v) is 8.64. The van der Waals surface area contributed by atoms with Gasteiger partial charge in [-0.3, -0.25) is 20.4 Å². The average molecular weight is 346 g/mol. The Morgan fingerprint density at radius 1 is 1.04 bits per heavy atom. The van der Waals surface area contributed by atoms with Crippen molar-refractivity contribution in [1.82, 2.24) is 10.9 Å². The number of halogens is 1. The molecule has 2 rings (SSSR count). The molecule has 6 heteroatoms. The van der Waals surface area contributed by atoms with Crippen molar-refractivity contribution in [2.75, 3.05) is 5.75 Å². The molecule has 0 spiro atoms. The first-order chi connectivity index (χ1) is 11.6. The van der Waals surface area contributed by atoms with E-state index in [1.54, 1.807) is 30.3 Å². The normalized spacial score (nSPS) is 10.2. The number of nitrogens with one attached hydrogen (secondary N) is 2. The van der Waals surface area contributed by atoms with E-state index in [0.29, 0.717) is 16.2 Å². The van der Waals surface area contributed by atoms with Crippen molar-refractivity contribution in [3.8, 4) is 0 Å². The molecule has 126 valence electrons. The van der Waals surface area contributed by atoms with Crippen molar-refractivity contribution >= 4 is 23.6 Å². The molecule has 0 aliphatic carbocycles. The summed E-state index contributed by atoms with van der Waals surface area (Å²) in [5, 5.41) is 0. The van der Waals surface area contributed by atoms with E-state index in [-0.39, 0.29) is 24.1 Å². The highest BCUT2D eigenvalue weighted by molar-refractivity contribution is 7.99. The Morgan fingerprint density at radius 3 is 2.42 bits per heavy atom. The van der Waals surface area contributed by atoms with Crippen LogP contribution in [0.4, 0.5) is 4.39 Å². The van der Waals surface area contributed by atoms with Gasteiger partial charge in [-0.25, -0.2) is 4.39 Å². The number of hydrogen-bond acceptors (Lipinski definition) is 3. The van der Waals surface area contributed by atoms with Crippen LogP contribution in [-0.4, -0.2) is 17.6 Å². The number of carbonyl (C=O) groups excluding carboxylic acids is 2. The van der Waals surface area contributed by atoms with Gasteiger partial charge in [0.25, 0.3) is 5.91 Å². The summed E-state index contributed by atoms with van der Waals surface area (Å²) in [5.41, 5.74) is 6.36. The van der Waals surface area contributed by atoms with Gasteiger partial charge in [-0.15, -0.1) is 11.8 Å². The molecular weight excluding hydrogens is 327 g/mol. The molecule has 0 heterocycles.